The summed E-state index contributed by atoms with van der Waals surface area (Å²) in [5.74, 6) is 0.662. The van der Waals surface area contributed by atoms with Crippen molar-refractivity contribution < 1.29 is 9.53 Å². The van der Waals surface area contributed by atoms with E-state index in [2.05, 4.69) is 17.6 Å². The van der Waals surface area contributed by atoms with Gasteiger partial charge in [-0.15, -0.1) is 0 Å². The Labute approximate surface area is 119 Å². The van der Waals surface area contributed by atoms with Crippen molar-refractivity contribution in [2.75, 3.05) is 13.2 Å². The van der Waals surface area contributed by atoms with Gasteiger partial charge in [0, 0.05) is 26.0 Å². The quantitative estimate of drug-likeness (QED) is 0.875. The van der Waals surface area contributed by atoms with Crippen molar-refractivity contribution in [1.29, 1.82) is 0 Å². The molecule has 0 saturated carbocycles. The summed E-state index contributed by atoms with van der Waals surface area (Å²) in [6.07, 6.45) is 4.88. The number of carbonyl (C=O) groups excluding carboxylic acids is 1. The van der Waals surface area contributed by atoms with E-state index in [1.807, 2.05) is 49.0 Å². The fourth-order valence-electron chi connectivity index (χ4n) is 1.97. The molecule has 1 aromatic carbocycles. The van der Waals surface area contributed by atoms with Crippen LogP contribution in [0.2, 0.25) is 0 Å². The van der Waals surface area contributed by atoms with Gasteiger partial charge in [0.1, 0.15) is 5.75 Å². The number of aromatic nitrogens is 1. The molecule has 4 nitrogen and oxygen atoms in total. The first kappa shape index (κ1) is 14.2. The van der Waals surface area contributed by atoms with Gasteiger partial charge in [0.05, 0.1) is 0 Å². The molecule has 0 aliphatic carbocycles. The Morgan fingerprint density at radius 3 is 2.80 bits per heavy atom. The smallest absolute Gasteiger partial charge is 0.257 e. The predicted molar refractivity (Wildman–Crippen MR) is 78.8 cm³/mol. The number of hydrogen-bond donors (Lipinski definition) is 1. The SMILES string of the molecule is Cc1ccccc1OCC(=O)NCCc1ccn(C)c1. The Morgan fingerprint density at radius 2 is 2.10 bits per heavy atom. The summed E-state index contributed by atoms with van der Waals surface area (Å²) in [7, 11) is 1.98. The average Bonchev–Trinajstić information content (AvgIpc) is 2.83. The molecular formula is C16H20N2O2. The van der Waals surface area contributed by atoms with Crippen LogP contribution in [-0.2, 0) is 18.3 Å². The van der Waals surface area contributed by atoms with Crippen LogP contribution in [0.3, 0.4) is 0 Å². The van der Waals surface area contributed by atoms with Crippen molar-refractivity contribution in [3.05, 3.63) is 53.9 Å². The summed E-state index contributed by atoms with van der Waals surface area (Å²) in [6.45, 7) is 2.64. The molecule has 0 atom stereocenters. The highest BCUT2D eigenvalue weighted by Gasteiger charge is 2.04. The fraction of sp³-hybridized carbons (Fsp3) is 0.312. The summed E-state index contributed by atoms with van der Waals surface area (Å²) in [6, 6.07) is 9.73. The van der Waals surface area contributed by atoms with E-state index in [4.69, 9.17) is 4.74 Å². The van der Waals surface area contributed by atoms with E-state index in [-0.39, 0.29) is 12.5 Å². The molecule has 106 valence electrons. The third-order valence-electron chi connectivity index (χ3n) is 3.08. The van der Waals surface area contributed by atoms with Gasteiger partial charge in [-0.05, 0) is 36.6 Å². The fourth-order valence-corrected chi connectivity index (χ4v) is 1.97. The Morgan fingerprint density at radius 1 is 1.30 bits per heavy atom. The minimum absolute atomic E-state index is 0.0552. The molecule has 2 aromatic rings. The Kier molecular flexibility index (Phi) is 4.82. The lowest BCUT2D eigenvalue weighted by atomic mass is 10.2. The zero-order valence-electron chi connectivity index (χ0n) is 11.9. The van der Waals surface area contributed by atoms with Crippen molar-refractivity contribution in [2.45, 2.75) is 13.3 Å². The standard InChI is InChI=1S/C16H20N2O2/c1-13-5-3-4-6-15(13)20-12-16(19)17-9-7-14-8-10-18(2)11-14/h3-6,8,10-11H,7,9,12H2,1-2H3,(H,17,19). The molecule has 0 radical (unpaired) electrons. The number of ether oxygens (including phenoxy) is 1. The molecule has 0 spiro atoms. The predicted octanol–water partition coefficient (Wildman–Crippen LogP) is 2.07. The molecule has 20 heavy (non-hydrogen) atoms. The maximum absolute atomic E-state index is 11.7. The monoisotopic (exact) mass is 272 g/mol. The van der Waals surface area contributed by atoms with E-state index in [9.17, 15) is 4.79 Å². The van der Waals surface area contributed by atoms with Crippen LogP contribution in [0.1, 0.15) is 11.1 Å². The molecule has 0 unspecified atom stereocenters. The average molecular weight is 272 g/mol. The zero-order valence-corrected chi connectivity index (χ0v) is 11.9. The van der Waals surface area contributed by atoms with Crippen molar-refractivity contribution in [2.24, 2.45) is 7.05 Å². The van der Waals surface area contributed by atoms with E-state index in [1.165, 1.54) is 5.56 Å². The van der Waals surface area contributed by atoms with E-state index in [0.29, 0.717) is 6.54 Å². The molecule has 0 aliphatic rings. The van der Waals surface area contributed by atoms with Crippen LogP contribution in [0, 0.1) is 6.92 Å². The first-order valence-electron chi connectivity index (χ1n) is 6.71. The normalized spacial score (nSPS) is 10.3. The number of amides is 1. The van der Waals surface area contributed by atoms with Crippen molar-refractivity contribution >= 4 is 5.91 Å². The molecule has 0 saturated heterocycles. The number of benzene rings is 1. The minimum Gasteiger partial charge on any atom is -0.484 e. The highest BCUT2D eigenvalue weighted by atomic mass is 16.5. The molecule has 1 heterocycles. The van der Waals surface area contributed by atoms with Crippen LogP contribution in [0.25, 0.3) is 0 Å². The van der Waals surface area contributed by atoms with Gasteiger partial charge < -0.3 is 14.6 Å². The van der Waals surface area contributed by atoms with Crippen molar-refractivity contribution in [3.8, 4) is 5.75 Å². The van der Waals surface area contributed by atoms with Gasteiger partial charge in [0.15, 0.2) is 6.61 Å². The van der Waals surface area contributed by atoms with Gasteiger partial charge in [0.2, 0.25) is 0 Å². The van der Waals surface area contributed by atoms with Gasteiger partial charge in [-0.1, -0.05) is 18.2 Å². The van der Waals surface area contributed by atoms with Gasteiger partial charge in [-0.25, -0.2) is 0 Å². The maximum Gasteiger partial charge on any atom is 0.257 e. The van der Waals surface area contributed by atoms with Crippen LogP contribution in [0.15, 0.2) is 42.7 Å². The number of carbonyl (C=O) groups is 1. The molecule has 0 fully saturated rings. The molecule has 0 aliphatic heterocycles. The summed E-state index contributed by atoms with van der Waals surface area (Å²) < 4.78 is 7.49. The van der Waals surface area contributed by atoms with E-state index in [1.54, 1.807) is 0 Å². The van der Waals surface area contributed by atoms with Crippen LogP contribution >= 0.6 is 0 Å². The lowest BCUT2D eigenvalue weighted by molar-refractivity contribution is -0.123. The second kappa shape index (κ2) is 6.80. The van der Waals surface area contributed by atoms with E-state index in [0.717, 1.165) is 17.7 Å². The van der Waals surface area contributed by atoms with Gasteiger partial charge in [-0.2, -0.15) is 0 Å². The molecule has 4 heteroatoms. The van der Waals surface area contributed by atoms with Crippen molar-refractivity contribution in [1.82, 2.24) is 9.88 Å². The minimum atomic E-state index is -0.0933. The maximum atomic E-state index is 11.7. The molecule has 1 N–H and O–H groups in total. The summed E-state index contributed by atoms with van der Waals surface area (Å²) in [4.78, 5) is 11.7. The molecule has 2 rings (SSSR count). The summed E-state index contributed by atoms with van der Waals surface area (Å²) in [5.41, 5.74) is 2.25. The number of hydrogen-bond acceptors (Lipinski definition) is 2. The first-order valence-corrected chi connectivity index (χ1v) is 6.71. The molecule has 1 amide bonds. The third kappa shape index (κ3) is 4.16. The van der Waals surface area contributed by atoms with Crippen molar-refractivity contribution in [3.63, 3.8) is 0 Å². The molecule has 0 bridgehead atoms. The largest absolute Gasteiger partial charge is 0.484 e. The number of aryl methyl sites for hydroxylation is 2. The number of para-hydroxylation sites is 1. The summed E-state index contributed by atoms with van der Waals surface area (Å²) in [5, 5.41) is 2.86. The number of nitrogens with one attached hydrogen (secondary N) is 1. The zero-order chi connectivity index (χ0) is 14.4. The topological polar surface area (TPSA) is 43.3 Å². The second-order valence-corrected chi connectivity index (χ2v) is 4.84. The van der Waals surface area contributed by atoms with E-state index >= 15 is 0 Å². The lowest BCUT2D eigenvalue weighted by Gasteiger charge is -2.09. The van der Waals surface area contributed by atoms with Crippen LogP contribution < -0.4 is 10.1 Å². The van der Waals surface area contributed by atoms with Crippen LogP contribution in [0.4, 0.5) is 0 Å². The number of rotatable bonds is 6. The summed E-state index contributed by atoms with van der Waals surface area (Å²) >= 11 is 0. The number of nitrogens with zero attached hydrogens (tertiary/aromatic N) is 1. The molecule has 1 aromatic heterocycles. The lowest BCUT2D eigenvalue weighted by Crippen LogP contribution is -2.30. The second-order valence-electron chi connectivity index (χ2n) is 4.84. The highest BCUT2D eigenvalue weighted by molar-refractivity contribution is 5.77. The first-order chi connectivity index (χ1) is 9.65. The van der Waals surface area contributed by atoms with E-state index < -0.39 is 0 Å². The van der Waals surface area contributed by atoms with Gasteiger partial charge >= 0.3 is 0 Å². The Hall–Kier alpha value is -2.23. The third-order valence-corrected chi connectivity index (χ3v) is 3.08. The highest BCUT2D eigenvalue weighted by Crippen LogP contribution is 2.15. The van der Waals surface area contributed by atoms with Gasteiger partial charge in [0.25, 0.3) is 5.91 Å². The Balaban J connectivity index is 1.69. The molecular weight excluding hydrogens is 252 g/mol. The Bertz CT molecular complexity index is 575. The van der Waals surface area contributed by atoms with Gasteiger partial charge in [-0.3, -0.25) is 4.79 Å². The van der Waals surface area contributed by atoms with Crippen LogP contribution in [-0.4, -0.2) is 23.6 Å². The van der Waals surface area contributed by atoms with Crippen LogP contribution in [0.5, 0.6) is 5.75 Å².